The first-order valence-corrected chi connectivity index (χ1v) is 6.04. The number of rotatable bonds is 5. The van der Waals surface area contributed by atoms with E-state index in [0.717, 1.165) is 6.42 Å². The predicted octanol–water partition coefficient (Wildman–Crippen LogP) is 2.53. The molecular weight excluding hydrogens is 219 g/mol. The Morgan fingerprint density at radius 2 is 2.29 bits per heavy atom. The third-order valence-electron chi connectivity index (χ3n) is 3.58. The second-order valence-electron chi connectivity index (χ2n) is 4.64. The Labute approximate surface area is 101 Å². The molecule has 1 saturated carbocycles. The van der Waals surface area contributed by atoms with E-state index in [1.165, 1.54) is 32.4 Å². The smallest absolute Gasteiger partial charge is 0.131 e. The quantitative estimate of drug-likeness (QED) is 0.612. The van der Waals surface area contributed by atoms with Crippen LogP contribution in [0.1, 0.15) is 37.3 Å². The van der Waals surface area contributed by atoms with Crippen LogP contribution in [-0.4, -0.2) is 7.11 Å². The van der Waals surface area contributed by atoms with Gasteiger partial charge in [-0.1, -0.05) is 25.3 Å². The molecule has 3 N–H and O–H groups in total. The molecule has 0 aliphatic heterocycles. The highest BCUT2D eigenvalue weighted by atomic mass is 19.1. The van der Waals surface area contributed by atoms with Crippen molar-refractivity contribution in [2.24, 2.45) is 11.8 Å². The highest BCUT2D eigenvalue weighted by molar-refractivity contribution is 5.30. The lowest BCUT2D eigenvalue weighted by Gasteiger charge is -2.29. The van der Waals surface area contributed by atoms with Crippen LogP contribution in [0.25, 0.3) is 0 Å². The highest BCUT2D eigenvalue weighted by Gasteiger charge is 2.24. The van der Waals surface area contributed by atoms with Crippen LogP contribution in [0.3, 0.4) is 0 Å². The van der Waals surface area contributed by atoms with Gasteiger partial charge in [-0.3, -0.25) is 11.3 Å². The second-order valence-corrected chi connectivity index (χ2v) is 4.64. The Morgan fingerprint density at radius 1 is 1.53 bits per heavy atom. The maximum absolute atomic E-state index is 13.9. The van der Waals surface area contributed by atoms with Crippen molar-refractivity contribution in [3.8, 4) is 5.75 Å². The van der Waals surface area contributed by atoms with Gasteiger partial charge in [0.15, 0.2) is 0 Å². The SMILES string of the molecule is COc1ccc(C(CC2CCC2)NN)c(F)c1. The lowest BCUT2D eigenvalue weighted by atomic mass is 9.79. The van der Waals surface area contributed by atoms with Crippen LogP contribution in [0.2, 0.25) is 0 Å². The summed E-state index contributed by atoms with van der Waals surface area (Å²) in [5.74, 6) is 6.48. The first-order valence-electron chi connectivity index (χ1n) is 6.04. The molecule has 17 heavy (non-hydrogen) atoms. The van der Waals surface area contributed by atoms with E-state index in [-0.39, 0.29) is 11.9 Å². The largest absolute Gasteiger partial charge is 0.497 e. The molecule has 1 aliphatic carbocycles. The number of hydrogen-bond donors (Lipinski definition) is 2. The lowest BCUT2D eigenvalue weighted by Crippen LogP contribution is -2.31. The fourth-order valence-electron chi connectivity index (χ4n) is 2.26. The summed E-state index contributed by atoms with van der Waals surface area (Å²) in [6, 6.07) is 4.81. The Kier molecular flexibility index (Phi) is 3.97. The van der Waals surface area contributed by atoms with E-state index < -0.39 is 0 Å². The fourth-order valence-corrected chi connectivity index (χ4v) is 2.26. The zero-order chi connectivity index (χ0) is 12.3. The van der Waals surface area contributed by atoms with Crippen molar-refractivity contribution in [2.45, 2.75) is 31.7 Å². The summed E-state index contributed by atoms with van der Waals surface area (Å²) in [6.45, 7) is 0. The summed E-state index contributed by atoms with van der Waals surface area (Å²) in [7, 11) is 1.53. The molecule has 4 heteroatoms. The molecule has 1 aromatic rings. The van der Waals surface area contributed by atoms with Crippen LogP contribution in [0, 0.1) is 11.7 Å². The van der Waals surface area contributed by atoms with Crippen LogP contribution in [0.15, 0.2) is 18.2 Å². The molecule has 3 nitrogen and oxygen atoms in total. The van der Waals surface area contributed by atoms with Crippen molar-refractivity contribution < 1.29 is 9.13 Å². The van der Waals surface area contributed by atoms with E-state index in [2.05, 4.69) is 5.43 Å². The summed E-state index contributed by atoms with van der Waals surface area (Å²) in [5, 5.41) is 0. The van der Waals surface area contributed by atoms with Crippen LogP contribution in [-0.2, 0) is 0 Å². The summed E-state index contributed by atoms with van der Waals surface area (Å²) in [4.78, 5) is 0. The van der Waals surface area contributed by atoms with E-state index in [4.69, 9.17) is 10.6 Å². The molecule has 1 atom stereocenters. The number of hydrogen-bond acceptors (Lipinski definition) is 3. The fraction of sp³-hybridized carbons (Fsp3) is 0.538. The van der Waals surface area contributed by atoms with Gasteiger partial charge >= 0.3 is 0 Å². The Hall–Kier alpha value is -1.13. The number of nitrogens with one attached hydrogen (secondary N) is 1. The summed E-state index contributed by atoms with van der Waals surface area (Å²) in [6.07, 6.45) is 4.65. The molecule has 1 aromatic carbocycles. The van der Waals surface area contributed by atoms with Gasteiger partial charge in [-0.15, -0.1) is 0 Å². The zero-order valence-corrected chi connectivity index (χ0v) is 10.1. The van der Waals surface area contributed by atoms with Crippen LogP contribution >= 0.6 is 0 Å². The van der Waals surface area contributed by atoms with Crippen LogP contribution < -0.4 is 16.0 Å². The molecule has 2 rings (SSSR count). The molecule has 0 saturated heterocycles. The minimum atomic E-state index is -0.258. The molecule has 0 amide bonds. The molecular formula is C13H19FN2O. The maximum Gasteiger partial charge on any atom is 0.131 e. The standard InChI is InChI=1S/C13H19FN2O/c1-17-10-5-6-11(12(14)8-10)13(16-15)7-9-3-2-4-9/h5-6,8-9,13,16H,2-4,7,15H2,1H3. The average Bonchev–Trinajstić information content (AvgIpc) is 2.29. The normalized spacial score (nSPS) is 17.6. The summed E-state index contributed by atoms with van der Waals surface area (Å²) >= 11 is 0. The van der Waals surface area contributed by atoms with Crippen molar-refractivity contribution in [2.75, 3.05) is 7.11 Å². The van der Waals surface area contributed by atoms with Gasteiger partial charge in [0.2, 0.25) is 0 Å². The minimum Gasteiger partial charge on any atom is -0.497 e. The van der Waals surface area contributed by atoms with Crippen molar-refractivity contribution in [3.63, 3.8) is 0 Å². The summed E-state index contributed by atoms with van der Waals surface area (Å²) < 4.78 is 18.9. The Morgan fingerprint density at radius 3 is 2.76 bits per heavy atom. The van der Waals surface area contributed by atoms with Crippen LogP contribution in [0.5, 0.6) is 5.75 Å². The third kappa shape index (κ3) is 2.76. The van der Waals surface area contributed by atoms with Crippen molar-refractivity contribution in [1.29, 1.82) is 0 Å². The van der Waals surface area contributed by atoms with Gasteiger partial charge < -0.3 is 4.74 Å². The topological polar surface area (TPSA) is 47.3 Å². The molecule has 94 valence electrons. The number of ether oxygens (including phenoxy) is 1. The molecule has 1 aliphatic rings. The third-order valence-corrected chi connectivity index (χ3v) is 3.58. The first-order chi connectivity index (χ1) is 8.24. The van der Waals surface area contributed by atoms with Crippen molar-refractivity contribution >= 4 is 0 Å². The van der Waals surface area contributed by atoms with Gasteiger partial charge in [0.1, 0.15) is 11.6 Å². The zero-order valence-electron chi connectivity index (χ0n) is 10.1. The number of methoxy groups -OCH3 is 1. The van der Waals surface area contributed by atoms with Gasteiger partial charge in [0, 0.05) is 17.7 Å². The highest BCUT2D eigenvalue weighted by Crippen LogP contribution is 2.35. The molecule has 0 aromatic heterocycles. The van der Waals surface area contributed by atoms with Crippen molar-refractivity contribution in [3.05, 3.63) is 29.6 Å². The molecule has 0 heterocycles. The molecule has 1 unspecified atom stereocenters. The molecule has 1 fully saturated rings. The Bertz CT molecular complexity index is 380. The number of halogens is 1. The monoisotopic (exact) mass is 238 g/mol. The molecule has 0 radical (unpaired) electrons. The molecule has 0 spiro atoms. The number of benzene rings is 1. The molecule has 0 bridgehead atoms. The van der Waals surface area contributed by atoms with Gasteiger partial charge in [-0.25, -0.2) is 4.39 Å². The number of nitrogens with two attached hydrogens (primary N) is 1. The minimum absolute atomic E-state index is 0.105. The summed E-state index contributed by atoms with van der Waals surface area (Å²) in [5.41, 5.74) is 3.34. The van der Waals surface area contributed by atoms with E-state index in [0.29, 0.717) is 17.2 Å². The van der Waals surface area contributed by atoms with Crippen LogP contribution in [0.4, 0.5) is 4.39 Å². The van der Waals surface area contributed by atoms with Crippen molar-refractivity contribution in [1.82, 2.24) is 5.43 Å². The average molecular weight is 238 g/mol. The predicted molar refractivity (Wildman–Crippen MR) is 65.0 cm³/mol. The first kappa shape index (κ1) is 12.3. The van der Waals surface area contributed by atoms with E-state index in [1.54, 1.807) is 12.1 Å². The number of hydrazine groups is 1. The van der Waals surface area contributed by atoms with E-state index in [9.17, 15) is 4.39 Å². The maximum atomic E-state index is 13.9. The van der Waals surface area contributed by atoms with Gasteiger partial charge in [0.25, 0.3) is 0 Å². The van der Waals surface area contributed by atoms with Gasteiger partial charge in [0.05, 0.1) is 7.11 Å². The van der Waals surface area contributed by atoms with E-state index in [1.807, 2.05) is 0 Å². The van der Waals surface area contributed by atoms with E-state index >= 15 is 0 Å². The lowest BCUT2D eigenvalue weighted by molar-refractivity contribution is 0.259. The second kappa shape index (κ2) is 5.47. The Balaban J connectivity index is 2.11. The van der Waals surface area contributed by atoms with Gasteiger partial charge in [-0.05, 0) is 18.4 Å². The van der Waals surface area contributed by atoms with Gasteiger partial charge in [-0.2, -0.15) is 0 Å².